The molecule has 10 nitrogen and oxygen atoms in total. The predicted molar refractivity (Wildman–Crippen MR) is 134 cm³/mol. The van der Waals surface area contributed by atoms with E-state index in [1.807, 2.05) is 0 Å². The van der Waals surface area contributed by atoms with Gasteiger partial charge in [0, 0.05) is 48.6 Å². The van der Waals surface area contributed by atoms with Gasteiger partial charge in [-0.05, 0) is 37.3 Å². The minimum Gasteiger partial charge on any atom is -0.495 e. The molecule has 1 unspecified atom stereocenters. The average molecular weight is 507 g/mol. The molecule has 0 fully saturated rings. The van der Waals surface area contributed by atoms with Gasteiger partial charge in [-0.1, -0.05) is 11.6 Å². The number of halogens is 1. The summed E-state index contributed by atoms with van der Waals surface area (Å²) < 4.78 is 13.8. The van der Waals surface area contributed by atoms with Crippen molar-refractivity contribution in [2.24, 2.45) is 0 Å². The average Bonchev–Trinajstić information content (AvgIpc) is 3.24. The third-order valence-corrected chi connectivity index (χ3v) is 5.97. The largest absolute Gasteiger partial charge is 0.495 e. The number of ether oxygens (including phenoxy) is 2. The molecule has 1 aromatic carbocycles. The third kappa shape index (κ3) is 4.93. The molecule has 0 spiro atoms. The van der Waals surface area contributed by atoms with Crippen LogP contribution >= 0.6 is 11.6 Å². The summed E-state index contributed by atoms with van der Waals surface area (Å²) in [4.78, 5) is 26.6. The Kier molecular flexibility index (Phi) is 7.33. The van der Waals surface area contributed by atoms with Gasteiger partial charge in [-0.25, -0.2) is 0 Å². The molecule has 11 heteroatoms. The number of pyridine rings is 2. The molecule has 4 rings (SSSR count). The molecule has 1 amide bonds. The van der Waals surface area contributed by atoms with Crippen molar-refractivity contribution in [1.29, 1.82) is 5.26 Å². The molecular weight excluding hydrogens is 484 g/mol. The number of carbonyl (C=O) groups excluding carboxylic acids is 1. The van der Waals surface area contributed by atoms with Crippen LogP contribution in [0.5, 0.6) is 5.75 Å². The van der Waals surface area contributed by atoms with E-state index < -0.39 is 17.5 Å². The first kappa shape index (κ1) is 24.9. The molecule has 0 aliphatic heterocycles. The first-order valence-electron chi connectivity index (χ1n) is 11.0. The number of rotatable bonds is 8. The lowest BCUT2D eigenvalue weighted by Gasteiger charge is -2.21. The van der Waals surface area contributed by atoms with Gasteiger partial charge in [0.05, 0.1) is 30.6 Å². The minimum absolute atomic E-state index is 0.235. The molecule has 3 heterocycles. The summed E-state index contributed by atoms with van der Waals surface area (Å²) in [5.41, 5.74) is 1.92. The zero-order valence-corrected chi connectivity index (χ0v) is 20.6. The van der Waals surface area contributed by atoms with Crippen molar-refractivity contribution in [2.75, 3.05) is 26.1 Å². The predicted octanol–water partition coefficient (Wildman–Crippen LogP) is 3.62. The van der Waals surface area contributed by atoms with E-state index in [4.69, 9.17) is 21.1 Å². The van der Waals surface area contributed by atoms with Gasteiger partial charge >= 0.3 is 0 Å². The molecule has 0 saturated carbocycles. The van der Waals surface area contributed by atoms with E-state index in [0.717, 1.165) is 0 Å². The van der Waals surface area contributed by atoms with Gasteiger partial charge in [-0.15, -0.1) is 10.2 Å². The van der Waals surface area contributed by atoms with E-state index in [1.54, 1.807) is 47.9 Å². The Bertz CT molecular complexity index is 1540. The summed E-state index contributed by atoms with van der Waals surface area (Å²) in [6, 6.07) is 10.8. The number of fused-ring (bicyclic) bond motifs is 1. The van der Waals surface area contributed by atoms with Crippen molar-refractivity contribution in [1.82, 2.24) is 19.2 Å². The topological polar surface area (TPSA) is 124 Å². The van der Waals surface area contributed by atoms with Crippen molar-refractivity contribution >= 4 is 28.8 Å². The second-order valence-electron chi connectivity index (χ2n) is 7.98. The maximum Gasteiger partial charge on any atom is 0.252 e. The number of nitrogens with one attached hydrogen (secondary N) is 1. The number of carbonyl (C=O) groups is 1. The van der Waals surface area contributed by atoms with E-state index >= 15 is 0 Å². The van der Waals surface area contributed by atoms with Crippen LogP contribution in [0.4, 0.5) is 5.69 Å². The molecule has 1 atom stereocenters. The van der Waals surface area contributed by atoms with Gasteiger partial charge in [0.25, 0.3) is 5.56 Å². The summed E-state index contributed by atoms with van der Waals surface area (Å²) >= 11 is 6.15. The first-order chi connectivity index (χ1) is 17.4. The lowest BCUT2D eigenvalue weighted by atomic mass is 10.00. The summed E-state index contributed by atoms with van der Waals surface area (Å²) in [6.45, 7) is 2.04. The van der Waals surface area contributed by atoms with Crippen molar-refractivity contribution < 1.29 is 14.3 Å². The fraction of sp³-hybridized carbons (Fsp3) is 0.240. The number of anilines is 1. The fourth-order valence-corrected chi connectivity index (χ4v) is 4.09. The van der Waals surface area contributed by atoms with Gasteiger partial charge < -0.3 is 14.8 Å². The summed E-state index contributed by atoms with van der Waals surface area (Å²) in [6.07, 6.45) is 3.41. The Balaban J connectivity index is 1.74. The lowest BCUT2D eigenvalue weighted by Crippen LogP contribution is -2.34. The number of nitriles is 1. The van der Waals surface area contributed by atoms with Crippen LogP contribution in [0.1, 0.15) is 23.9 Å². The Morgan fingerprint density at radius 3 is 2.69 bits per heavy atom. The molecule has 0 bridgehead atoms. The SMILES string of the molecule is COCCC(C(=O)Nc1ccc2nnc(C)n2c1)n1cc(OC)c(-c2cc(Cl)ccc2C#N)cc1=O. The maximum absolute atomic E-state index is 13.4. The van der Waals surface area contributed by atoms with Gasteiger partial charge in [-0.2, -0.15) is 5.26 Å². The van der Waals surface area contributed by atoms with Crippen molar-refractivity contribution in [3.63, 3.8) is 0 Å². The zero-order chi connectivity index (χ0) is 25.8. The number of hydrogen-bond acceptors (Lipinski definition) is 7. The molecule has 3 aromatic heterocycles. The highest BCUT2D eigenvalue weighted by atomic mass is 35.5. The smallest absolute Gasteiger partial charge is 0.252 e. The van der Waals surface area contributed by atoms with Crippen LogP contribution in [0.2, 0.25) is 5.02 Å². The molecule has 0 aliphatic rings. The number of aryl methyl sites for hydroxylation is 1. The summed E-state index contributed by atoms with van der Waals surface area (Å²) in [5.74, 6) is 0.575. The first-order valence-corrected chi connectivity index (χ1v) is 11.4. The third-order valence-electron chi connectivity index (χ3n) is 5.73. The second kappa shape index (κ2) is 10.6. The van der Waals surface area contributed by atoms with Gasteiger partial charge in [0.15, 0.2) is 5.65 Å². The van der Waals surface area contributed by atoms with Crippen LogP contribution in [0, 0.1) is 18.3 Å². The zero-order valence-electron chi connectivity index (χ0n) is 19.9. The Morgan fingerprint density at radius 1 is 1.17 bits per heavy atom. The Hall–Kier alpha value is -4.20. The number of methoxy groups -OCH3 is 2. The van der Waals surface area contributed by atoms with Gasteiger partial charge in [0.2, 0.25) is 5.91 Å². The van der Waals surface area contributed by atoms with Gasteiger partial charge in [-0.3, -0.25) is 18.6 Å². The summed E-state index contributed by atoms with van der Waals surface area (Å²) in [7, 11) is 2.97. The number of amides is 1. The number of hydrogen-bond donors (Lipinski definition) is 1. The lowest BCUT2D eigenvalue weighted by molar-refractivity contribution is -0.119. The van der Waals surface area contributed by atoms with E-state index in [0.29, 0.717) is 44.6 Å². The van der Waals surface area contributed by atoms with E-state index in [-0.39, 0.29) is 13.0 Å². The standard InChI is InChI=1S/C25H23ClN6O4/c1-15-29-30-23-7-6-18(13-31(15)23)28-25(34)21(8-9-35-2)32-14-22(36-3)20(11-24(32)33)19-10-17(26)5-4-16(19)12-27/h4-7,10-11,13-14,21H,8-9H2,1-3H3,(H,28,34). The maximum atomic E-state index is 13.4. The van der Waals surface area contributed by atoms with E-state index in [2.05, 4.69) is 21.6 Å². The van der Waals surface area contributed by atoms with Crippen LogP contribution < -0.4 is 15.6 Å². The second-order valence-corrected chi connectivity index (χ2v) is 8.42. The van der Waals surface area contributed by atoms with Crippen LogP contribution in [0.3, 0.4) is 0 Å². The molecule has 36 heavy (non-hydrogen) atoms. The quantitative estimate of drug-likeness (QED) is 0.387. The molecule has 4 aromatic rings. The molecule has 1 N–H and O–H groups in total. The number of nitrogens with zero attached hydrogens (tertiary/aromatic N) is 5. The fourth-order valence-electron chi connectivity index (χ4n) is 3.91. The van der Waals surface area contributed by atoms with Crippen LogP contribution in [0.25, 0.3) is 16.8 Å². The highest BCUT2D eigenvalue weighted by molar-refractivity contribution is 6.31. The molecular formula is C25H23ClN6O4. The van der Waals surface area contributed by atoms with Crippen molar-refractivity contribution in [3.8, 4) is 22.9 Å². The molecule has 0 radical (unpaired) electrons. The van der Waals surface area contributed by atoms with Crippen molar-refractivity contribution in [3.05, 3.63) is 75.6 Å². The molecule has 184 valence electrons. The molecule has 0 saturated heterocycles. The van der Waals surface area contributed by atoms with Gasteiger partial charge in [0.1, 0.15) is 17.6 Å². The highest BCUT2D eigenvalue weighted by Crippen LogP contribution is 2.33. The highest BCUT2D eigenvalue weighted by Gasteiger charge is 2.24. The van der Waals surface area contributed by atoms with Crippen LogP contribution in [-0.2, 0) is 9.53 Å². The van der Waals surface area contributed by atoms with E-state index in [1.165, 1.54) is 31.0 Å². The van der Waals surface area contributed by atoms with Crippen LogP contribution in [0.15, 0.2) is 53.6 Å². The monoisotopic (exact) mass is 506 g/mol. The van der Waals surface area contributed by atoms with Crippen molar-refractivity contribution in [2.45, 2.75) is 19.4 Å². The van der Waals surface area contributed by atoms with Crippen LogP contribution in [-0.4, -0.2) is 45.9 Å². The normalized spacial score (nSPS) is 11.8. The number of benzene rings is 1. The number of aromatic nitrogens is 4. The Labute approximate surface area is 211 Å². The minimum atomic E-state index is -0.895. The Morgan fingerprint density at radius 2 is 1.97 bits per heavy atom. The van der Waals surface area contributed by atoms with E-state index in [9.17, 15) is 14.9 Å². The summed E-state index contributed by atoms with van der Waals surface area (Å²) in [5, 5.41) is 20.9. The molecule has 0 aliphatic carbocycles.